The second-order valence-corrected chi connectivity index (χ2v) is 8.57. The molecule has 1 aromatic carbocycles. The molecule has 7 heteroatoms. The predicted molar refractivity (Wildman–Crippen MR) is 134 cm³/mol. The molecule has 0 aliphatic carbocycles. The SMILES string of the molecule is CCCc1cc(-c2cc(C)nc(OC)n2)ccc1C1=NN=C(N2CCNCC2)CC(CC)=C1. The topological polar surface area (TPSA) is 75.0 Å². The lowest BCUT2D eigenvalue weighted by molar-refractivity contribution is 0.352. The minimum atomic E-state index is 0.393. The molecule has 3 heterocycles. The first-order chi connectivity index (χ1) is 16.1. The van der Waals surface area contributed by atoms with Crippen LogP contribution < -0.4 is 10.1 Å². The molecule has 0 unspecified atom stereocenters. The van der Waals surface area contributed by atoms with Gasteiger partial charge >= 0.3 is 6.01 Å². The monoisotopic (exact) mass is 446 g/mol. The van der Waals surface area contributed by atoms with E-state index in [0.29, 0.717) is 6.01 Å². The fourth-order valence-corrected chi connectivity index (χ4v) is 4.34. The summed E-state index contributed by atoms with van der Waals surface area (Å²) in [5, 5.41) is 12.9. The molecule has 4 rings (SSSR count). The zero-order valence-corrected chi connectivity index (χ0v) is 20.2. The van der Waals surface area contributed by atoms with Crippen LogP contribution in [0.2, 0.25) is 0 Å². The molecule has 2 aliphatic rings. The van der Waals surface area contributed by atoms with Crippen LogP contribution in [0.15, 0.2) is 46.1 Å². The molecule has 0 amide bonds. The summed E-state index contributed by atoms with van der Waals surface area (Å²) >= 11 is 0. The van der Waals surface area contributed by atoms with Crippen LogP contribution in [0.4, 0.5) is 0 Å². The number of nitrogens with one attached hydrogen (secondary N) is 1. The zero-order valence-electron chi connectivity index (χ0n) is 20.2. The van der Waals surface area contributed by atoms with E-state index in [9.17, 15) is 0 Å². The van der Waals surface area contributed by atoms with E-state index in [0.717, 1.165) is 85.9 Å². The first-order valence-corrected chi connectivity index (χ1v) is 11.9. The van der Waals surface area contributed by atoms with Gasteiger partial charge in [-0.3, -0.25) is 0 Å². The first-order valence-electron chi connectivity index (χ1n) is 11.9. The van der Waals surface area contributed by atoms with Crippen LogP contribution in [0.3, 0.4) is 0 Å². The van der Waals surface area contributed by atoms with Crippen molar-refractivity contribution in [2.45, 2.75) is 46.5 Å². The molecule has 0 radical (unpaired) electrons. The minimum Gasteiger partial charge on any atom is -0.467 e. The maximum Gasteiger partial charge on any atom is 0.316 e. The van der Waals surface area contributed by atoms with Crippen molar-refractivity contribution in [3.05, 3.63) is 52.7 Å². The van der Waals surface area contributed by atoms with E-state index in [-0.39, 0.29) is 0 Å². The van der Waals surface area contributed by atoms with E-state index in [2.05, 4.69) is 58.3 Å². The number of methoxy groups -OCH3 is 1. The molecule has 0 bridgehead atoms. The number of allylic oxidation sites excluding steroid dienone is 1. The summed E-state index contributed by atoms with van der Waals surface area (Å²) < 4.78 is 5.28. The van der Waals surface area contributed by atoms with E-state index in [1.165, 1.54) is 11.1 Å². The van der Waals surface area contributed by atoms with Crippen molar-refractivity contribution < 1.29 is 4.74 Å². The van der Waals surface area contributed by atoms with Crippen LogP contribution >= 0.6 is 0 Å². The van der Waals surface area contributed by atoms with Crippen LogP contribution in [-0.2, 0) is 6.42 Å². The standard InChI is InChI=1S/C26H34N6O/c1-5-7-20-17-21(23-14-18(3)28-26(29-23)33-4)8-9-22(20)24-15-19(6-2)16-25(31-30-24)32-12-10-27-11-13-32/h8-9,14-15,17,27H,5-7,10-13,16H2,1-4H3. The van der Waals surface area contributed by atoms with Crippen molar-refractivity contribution in [2.75, 3.05) is 33.3 Å². The Labute approximate surface area is 196 Å². The maximum atomic E-state index is 5.28. The molecule has 1 N–H and O–H groups in total. The summed E-state index contributed by atoms with van der Waals surface area (Å²) in [6, 6.07) is 8.90. The zero-order chi connectivity index (χ0) is 23.2. The highest BCUT2D eigenvalue weighted by Gasteiger charge is 2.19. The Hall–Kier alpha value is -3.06. The number of aromatic nitrogens is 2. The second kappa shape index (κ2) is 10.7. The Morgan fingerprint density at radius 1 is 1.06 bits per heavy atom. The van der Waals surface area contributed by atoms with Crippen LogP contribution in [-0.4, -0.2) is 59.7 Å². The molecule has 0 spiro atoms. The van der Waals surface area contributed by atoms with Crippen molar-refractivity contribution in [3.8, 4) is 17.3 Å². The highest BCUT2D eigenvalue weighted by molar-refractivity contribution is 6.11. The van der Waals surface area contributed by atoms with E-state index >= 15 is 0 Å². The van der Waals surface area contributed by atoms with Crippen LogP contribution in [0.25, 0.3) is 11.3 Å². The first kappa shape index (κ1) is 23.1. The molecule has 33 heavy (non-hydrogen) atoms. The van der Waals surface area contributed by atoms with Gasteiger partial charge in [-0.25, -0.2) is 4.98 Å². The lowest BCUT2D eigenvalue weighted by Crippen LogP contribution is -2.46. The number of ether oxygens (including phenoxy) is 1. The molecule has 174 valence electrons. The third-order valence-corrected chi connectivity index (χ3v) is 6.15. The normalized spacial score (nSPS) is 16.6. The van der Waals surface area contributed by atoms with Gasteiger partial charge in [0.1, 0.15) is 5.84 Å². The van der Waals surface area contributed by atoms with Gasteiger partial charge in [0.2, 0.25) is 0 Å². The molecule has 7 nitrogen and oxygen atoms in total. The summed E-state index contributed by atoms with van der Waals surface area (Å²) in [6.45, 7) is 10.3. The molecule has 2 aromatic rings. The lowest BCUT2D eigenvalue weighted by Gasteiger charge is -2.29. The van der Waals surface area contributed by atoms with Gasteiger partial charge in [-0.05, 0) is 43.5 Å². The number of hydrogen-bond acceptors (Lipinski definition) is 7. The van der Waals surface area contributed by atoms with Crippen LogP contribution in [0, 0.1) is 6.92 Å². The van der Waals surface area contributed by atoms with E-state index in [1.54, 1.807) is 7.11 Å². The molecule has 0 atom stereocenters. The number of amidine groups is 1. The quantitative estimate of drug-likeness (QED) is 0.721. The number of piperazine rings is 1. The molecule has 1 saturated heterocycles. The fourth-order valence-electron chi connectivity index (χ4n) is 4.34. The van der Waals surface area contributed by atoms with Gasteiger partial charge in [0.05, 0.1) is 18.5 Å². The number of hydrogen-bond donors (Lipinski definition) is 1. The third-order valence-electron chi connectivity index (χ3n) is 6.15. The van der Waals surface area contributed by atoms with Gasteiger partial charge in [0.15, 0.2) is 0 Å². The van der Waals surface area contributed by atoms with Gasteiger partial charge in [-0.15, -0.1) is 10.2 Å². The van der Waals surface area contributed by atoms with Gasteiger partial charge in [0, 0.05) is 49.4 Å². The fraction of sp³-hybridized carbons (Fsp3) is 0.462. The summed E-state index contributed by atoms with van der Waals surface area (Å²) in [4.78, 5) is 11.2. The highest BCUT2D eigenvalue weighted by Crippen LogP contribution is 2.26. The number of aryl methyl sites for hydroxylation is 2. The molecular weight excluding hydrogens is 412 g/mol. The van der Waals surface area contributed by atoms with Crippen molar-refractivity contribution in [1.29, 1.82) is 0 Å². The smallest absolute Gasteiger partial charge is 0.316 e. The Kier molecular flexibility index (Phi) is 7.50. The van der Waals surface area contributed by atoms with Crippen molar-refractivity contribution in [3.63, 3.8) is 0 Å². The third kappa shape index (κ3) is 5.47. The summed E-state index contributed by atoms with van der Waals surface area (Å²) in [6.07, 6.45) is 6.11. The summed E-state index contributed by atoms with van der Waals surface area (Å²) in [5.41, 5.74) is 7.54. The highest BCUT2D eigenvalue weighted by atomic mass is 16.5. The molecule has 0 saturated carbocycles. The molecule has 2 aliphatic heterocycles. The van der Waals surface area contributed by atoms with Gasteiger partial charge in [-0.1, -0.05) is 38.0 Å². The Morgan fingerprint density at radius 2 is 1.88 bits per heavy atom. The Morgan fingerprint density at radius 3 is 2.61 bits per heavy atom. The van der Waals surface area contributed by atoms with Gasteiger partial charge in [-0.2, -0.15) is 4.98 Å². The molecular formula is C26H34N6O. The van der Waals surface area contributed by atoms with Crippen molar-refractivity contribution in [1.82, 2.24) is 20.2 Å². The largest absolute Gasteiger partial charge is 0.467 e. The van der Waals surface area contributed by atoms with E-state index < -0.39 is 0 Å². The summed E-state index contributed by atoms with van der Waals surface area (Å²) in [5.74, 6) is 1.08. The Balaban J connectivity index is 1.73. The second-order valence-electron chi connectivity index (χ2n) is 8.57. The average Bonchev–Trinajstić information content (AvgIpc) is 3.07. The number of benzene rings is 1. The minimum absolute atomic E-state index is 0.393. The molecule has 1 fully saturated rings. The Bertz CT molecular complexity index is 1080. The number of rotatable bonds is 6. The predicted octanol–water partition coefficient (Wildman–Crippen LogP) is 4.16. The van der Waals surface area contributed by atoms with Crippen LogP contribution in [0.1, 0.15) is 49.9 Å². The van der Waals surface area contributed by atoms with Crippen molar-refractivity contribution in [2.24, 2.45) is 10.2 Å². The van der Waals surface area contributed by atoms with Crippen LogP contribution in [0.5, 0.6) is 6.01 Å². The van der Waals surface area contributed by atoms with E-state index in [4.69, 9.17) is 14.9 Å². The average molecular weight is 447 g/mol. The van der Waals surface area contributed by atoms with Gasteiger partial charge < -0.3 is 15.0 Å². The molecule has 1 aromatic heterocycles. The number of nitrogens with zero attached hydrogens (tertiary/aromatic N) is 5. The van der Waals surface area contributed by atoms with Gasteiger partial charge in [0.25, 0.3) is 0 Å². The lowest BCUT2D eigenvalue weighted by atomic mass is 9.94. The van der Waals surface area contributed by atoms with Crippen molar-refractivity contribution >= 4 is 11.5 Å². The maximum absolute atomic E-state index is 5.28. The van der Waals surface area contributed by atoms with E-state index in [1.807, 2.05) is 13.0 Å². The summed E-state index contributed by atoms with van der Waals surface area (Å²) in [7, 11) is 1.60.